The monoisotopic (exact) mass is 233 g/mol. The van der Waals surface area contributed by atoms with Crippen LogP contribution < -0.4 is 0 Å². The molecular weight excluding hydrogens is 219 g/mol. The van der Waals surface area contributed by atoms with Gasteiger partial charge in [-0.2, -0.15) is 18.3 Å². The van der Waals surface area contributed by atoms with Crippen LogP contribution in [0, 0.1) is 12.8 Å². The van der Waals surface area contributed by atoms with Gasteiger partial charge in [0.1, 0.15) is 0 Å². The number of aryl methyl sites for hydroxylation is 1. The Labute approximate surface area is 91.8 Å². The van der Waals surface area contributed by atoms with Gasteiger partial charge in [-0.1, -0.05) is 0 Å². The third-order valence-corrected chi connectivity index (χ3v) is 2.83. The first-order valence-electron chi connectivity index (χ1n) is 5.23. The minimum absolute atomic E-state index is 0.129. The molecule has 0 saturated carbocycles. The molecule has 1 aromatic heterocycles. The van der Waals surface area contributed by atoms with E-state index in [-0.39, 0.29) is 13.1 Å². The van der Waals surface area contributed by atoms with E-state index < -0.39 is 12.1 Å². The van der Waals surface area contributed by atoms with Gasteiger partial charge in [-0.15, -0.1) is 0 Å². The third-order valence-electron chi connectivity index (χ3n) is 2.83. The van der Waals surface area contributed by atoms with E-state index in [1.54, 1.807) is 15.8 Å². The summed E-state index contributed by atoms with van der Waals surface area (Å²) in [5, 5.41) is 4.08. The van der Waals surface area contributed by atoms with Gasteiger partial charge >= 0.3 is 6.18 Å². The van der Waals surface area contributed by atoms with Crippen LogP contribution in [0.4, 0.5) is 13.2 Å². The van der Waals surface area contributed by atoms with Gasteiger partial charge in [0.25, 0.3) is 0 Å². The molecule has 2 heterocycles. The van der Waals surface area contributed by atoms with Gasteiger partial charge in [0.05, 0.1) is 18.7 Å². The molecule has 1 fully saturated rings. The summed E-state index contributed by atoms with van der Waals surface area (Å²) in [5.74, 6) is -1.13. The summed E-state index contributed by atoms with van der Waals surface area (Å²) in [6.07, 6.45) is -0.394. The lowest BCUT2D eigenvalue weighted by atomic mass is 10.00. The van der Waals surface area contributed by atoms with Crippen LogP contribution in [0.15, 0.2) is 12.4 Å². The van der Waals surface area contributed by atoms with Crippen LogP contribution in [0.25, 0.3) is 0 Å². The van der Waals surface area contributed by atoms with Crippen molar-refractivity contribution < 1.29 is 13.2 Å². The van der Waals surface area contributed by atoms with Crippen molar-refractivity contribution in [3.05, 3.63) is 18.0 Å². The molecule has 1 aromatic rings. The van der Waals surface area contributed by atoms with Crippen molar-refractivity contribution in [2.24, 2.45) is 5.92 Å². The van der Waals surface area contributed by atoms with Crippen molar-refractivity contribution in [3.63, 3.8) is 0 Å². The van der Waals surface area contributed by atoms with Crippen molar-refractivity contribution in [3.8, 4) is 0 Å². The van der Waals surface area contributed by atoms with E-state index in [0.29, 0.717) is 13.1 Å². The molecule has 1 aliphatic rings. The van der Waals surface area contributed by atoms with E-state index in [4.69, 9.17) is 0 Å². The lowest BCUT2D eigenvalue weighted by molar-refractivity contribution is -0.209. The van der Waals surface area contributed by atoms with Crippen molar-refractivity contribution in [2.75, 3.05) is 19.6 Å². The quantitative estimate of drug-likeness (QED) is 0.792. The maximum absolute atomic E-state index is 12.2. The van der Waals surface area contributed by atoms with E-state index in [1.165, 1.54) is 0 Å². The van der Waals surface area contributed by atoms with E-state index in [0.717, 1.165) is 5.56 Å². The van der Waals surface area contributed by atoms with Gasteiger partial charge in [0.2, 0.25) is 0 Å². The SMILES string of the molecule is Cc1cnn(CCN2CC(C(F)(F)F)C2)c1. The molecule has 1 aliphatic heterocycles. The molecular formula is C10H14F3N3. The van der Waals surface area contributed by atoms with Crippen LogP contribution in [0.5, 0.6) is 0 Å². The van der Waals surface area contributed by atoms with Gasteiger partial charge in [-0.25, -0.2) is 0 Å². The molecule has 0 bridgehead atoms. The number of halogens is 3. The highest BCUT2D eigenvalue weighted by Gasteiger charge is 2.46. The van der Waals surface area contributed by atoms with Crippen molar-refractivity contribution >= 4 is 0 Å². The minimum Gasteiger partial charge on any atom is -0.300 e. The summed E-state index contributed by atoms with van der Waals surface area (Å²) < 4.78 is 38.3. The lowest BCUT2D eigenvalue weighted by Crippen LogP contribution is -2.53. The molecule has 0 atom stereocenters. The molecule has 0 spiro atoms. The lowest BCUT2D eigenvalue weighted by Gasteiger charge is -2.39. The average molecular weight is 233 g/mol. The smallest absolute Gasteiger partial charge is 0.300 e. The maximum Gasteiger partial charge on any atom is 0.394 e. The Balaban J connectivity index is 1.71. The molecule has 16 heavy (non-hydrogen) atoms. The molecule has 90 valence electrons. The van der Waals surface area contributed by atoms with Crippen LogP contribution in [-0.4, -0.2) is 40.5 Å². The van der Waals surface area contributed by atoms with Gasteiger partial charge in [0.15, 0.2) is 0 Å². The van der Waals surface area contributed by atoms with E-state index in [2.05, 4.69) is 5.10 Å². The summed E-state index contributed by atoms with van der Waals surface area (Å²) >= 11 is 0. The van der Waals surface area contributed by atoms with Crippen molar-refractivity contribution in [2.45, 2.75) is 19.6 Å². The molecule has 3 nitrogen and oxygen atoms in total. The number of hydrogen-bond donors (Lipinski definition) is 0. The fraction of sp³-hybridized carbons (Fsp3) is 0.700. The van der Waals surface area contributed by atoms with Gasteiger partial charge in [0, 0.05) is 25.8 Å². The number of aromatic nitrogens is 2. The Morgan fingerprint density at radius 1 is 1.38 bits per heavy atom. The first-order valence-corrected chi connectivity index (χ1v) is 5.23. The van der Waals surface area contributed by atoms with Crippen LogP contribution >= 0.6 is 0 Å². The zero-order valence-corrected chi connectivity index (χ0v) is 9.04. The molecule has 0 aromatic carbocycles. The fourth-order valence-electron chi connectivity index (χ4n) is 1.79. The van der Waals surface area contributed by atoms with E-state index in [1.807, 2.05) is 13.1 Å². The second kappa shape index (κ2) is 4.08. The van der Waals surface area contributed by atoms with Crippen molar-refractivity contribution in [1.29, 1.82) is 0 Å². The number of likely N-dealkylation sites (tertiary alicyclic amines) is 1. The molecule has 0 N–H and O–H groups in total. The van der Waals surface area contributed by atoms with Gasteiger partial charge in [-0.3, -0.25) is 4.68 Å². The molecule has 0 amide bonds. The predicted octanol–water partition coefficient (Wildman–Crippen LogP) is 1.69. The summed E-state index contributed by atoms with van der Waals surface area (Å²) in [5.41, 5.74) is 1.07. The molecule has 6 heteroatoms. The normalized spacial score (nSPS) is 18.8. The largest absolute Gasteiger partial charge is 0.394 e. The highest BCUT2D eigenvalue weighted by Crippen LogP contribution is 2.33. The topological polar surface area (TPSA) is 21.1 Å². The summed E-state index contributed by atoms with van der Waals surface area (Å²) in [4.78, 5) is 1.80. The predicted molar refractivity (Wildman–Crippen MR) is 52.9 cm³/mol. The second-order valence-electron chi connectivity index (χ2n) is 4.28. The maximum atomic E-state index is 12.2. The van der Waals surface area contributed by atoms with Crippen LogP contribution in [0.2, 0.25) is 0 Å². The zero-order valence-electron chi connectivity index (χ0n) is 9.04. The Hall–Kier alpha value is -1.04. The molecule has 0 radical (unpaired) electrons. The van der Waals surface area contributed by atoms with Gasteiger partial charge < -0.3 is 4.90 Å². The summed E-state index contributed by atoms with van der Waals surface area (Å²) in [6.45, 7) is 3.48. The Kier molecular flexibility index (Phi) is 2.92. The Morgan fingerprint density at radius 2 is 2.06 bits per heavy atom. The molecule has 2 rings (SSSR count). The minimum atomic E-state index is -4.03. The number of alkyl halides is 3. The molecule has 0 unspecified atom stereocenters. The number of hydrogen-bond acceptors (Lipinski definition) is 2. The van der Waals surface area contributed by atoms with E-state index in [9.17, 15) is 13.2 Å². The first-order chi connectivity index (χ1) is 7.45. The summed E-state index contributed by atoms with van der Waals surface area (Å²) in [6, 6.07) is 0. The van der Waals surface area contributed by atoms with Crippen LogP contribution in [0.3, 0.4) is 0 Å². The fourth-order valence-corrected chi connectivity index (χ4v) is 1.79. The highest BCUT2D eigenvalue weighted by molar-refractivity contribution is 4.99. The standard InChI is InChI=1S/C10H14F3N3/c1-8-4-14-16(5-8)3-2-15-6-9(7-15)10(11,12)13/h4-5,9H,2-3,6-7H2,1H3. The number of rotatable bonds is 3. The third kappa shape index (κ3) is 2.55. The average Bonchev–Trinajstić information content (AvgIpc) is 2.46. The van der Waals surface area contributed by atoms with Gasteiger partial charge in [-0.05, 0) is 12.5 Å². The second-order valence-corrected chi connectivity index (χ2v) is 4.28. The van der Waals surface area contributed by atoms with E-state index >= 15 is 0 Å². The molecule has 0 aliphatic carbocycles. The first kappa shape index (κ1) is 11.4. The van der Waals surface area contributed by atoms with Crippen LogP contribution in [-0.2, 0) is 6.54 Å². The summed E-state index contributed by atoms with van der Waals surface area (Å²) in [7, 11) is 0. The van der Waals surface area contributed by atoms with Crippen LogP contribution in [0.1, 0.15) is 5.56 Å². The Bertz CT molecular complexity index is 352. The number of nitrogens with zero attached hydrogens (tertiary/aromatic N) is 3. The van der Waals surface area contributed by atoms with Crippen molar-refractivity contribution in [1.82, 2.24) is 14.7 Å². The highest BCUT2D eigenvalue weighted by atomic mass is 19.4. The zero-order chi connectivity index (χ0) is 11.8. The Morgan fingerprint density at radius 3 is 2.56 bits per heavy atom. The molecule has 1 saturated heterocycles.